The lowest BCUT2D eigenvalue weighted by molar-refractivity contribution is 0.101. The third-order valence-electron chi connectivity index (χ3n) is 4.26. The van der Waals surface area contributed by atoms with Crippen LogP contribution in [-0.2, 0) is 6.54 Å². The van der Waals surface area contributed by atoms with E-state index in [2.05, 4.69) is 28.9 Å². The molecule has 0 radical (unpaired) electrons. The summed E-state index contributed by atoms with van der Waals surface area (Å²) < 4.78 is 2.13. The predicted molar refractivity (Wildman–Crippen MR) is 101 cm³/mol. The number of hydrogen-bond donors (Lipinski definition) is 1. The van der Waals surface area contributed by atoms with Gasteiger partial charge in [-0.05, 0) is 36.8 Å². The quantitative estimate of drug-likeness (QED) is 0.671. The molecule has 0 saturated carbocycles. The van der Waals surface area contributed by atoms with Crippen molar-refractivity contribution < 1.29 is 4.79 Å². The summed E-state index contributed by atoms with van der Waals surface area (Å²) in [6.07, 6.45) is 0. The van der Waals surface area contributed by atoms with E-state index in [1.165, 1.54) is 4.90 Å². The second-order valence-corrected chi connectivity index (χ2v) is 8.09. The second-order valence-electron chi connectivity index (χ2n) is 6.20. The van der Waals surface area contributed by atoms with Crippen molar-refractivity contribution in [2.75, 3.05) is 5.32 Å². The Morgan fingerprint density at radius 2 is 2.12 bits per heavy atom. The Morgan fingerprint density at radius 3 is 2.92 bits per heavy atom. The number of carbonyl (C=O) groups is 1. The highest BCUT2D eigenvalue weighted by atomic mass is 35.5. The van der Waals surface area contributed by atoms with Crippen molar-refractivity contribution in [3.63, 3.8) is 0 Å². The molecule has 0 bridgehead atoms. The highest BCUT2D eigenvalue weighted by Gasteiger charge is 2.24. The van der Waals surface area contributed by atoms with E-state index in [0.717, 1.165) is 23.0 Å². The number of benzene rings is 2. The maximum absolute atomic E-state index is 12.8. The molecule has 1 N–H and O–H groups in total. The highest BCUT2D eigenvalue weighted by molar-refractivity contribution is 8.00. The molecule has 3 aromatic rings. The Balaban J connectivity index is 1.76. The van der Waals surface area contributed by atoms with Crippen molar-refractivity contribution in [1.82, 2.24) is 4.57 Å². The van der Waals surface area contributed by atoms with Gasteiger partial charge in [-0.2, -0.15) is 0 Å². The fraction of sp³-hybridized carbons (Fsp3) is 0.211. The Bertz CT molecular complexity index is 963. The van der Waals surface area contributed by atoms with Crippen molar-refractivity contribution in [2.45, 2.75) is 30.5 Å². The van der Waals surface area contributed by atoms with Crippen LogP contribution in [0.5, 0.6) is 0 Å². The number of nitrogens with one attached hydrogen (secondary N) is 1. The molecule has 1 amide bonds. The predicted octanol–water partition coefficient (Wildman–Crippen LogP) is 5.35. The summed E-state index contributed by atoms with van der Waals surface area (Å²) in [6, 6.07) is 13.8. The summed E-state index contributed by atoms with van der Waals surface area (Å²) in [5, 5.41) is 5.05. The molecule has 2 aromatic carbocycles. The van der Waals surface area contributed by atoms with Crippen molar-refractivity contribution >= 4 is 45.9 Å². The molecular formula is C19H17ClN2OS. The van der Waals surface area contributed by atoms with Gasteiger partial charge in [-0.1, -0.05) is 36.7 Å². The number of rotatable bonds is 2. The molecule has 24 heavy (non-hydrogen) atoms. The Kier molecular flexibility index (Phi) is 3.82. The molecule has 1 aliphatic rings. The first kappa shape index (κ1) is 15.6. The van der Waals surface area contributed by atoms with Crippen LogP contribution in [0.3, 0.4) is 0 Å². The third kappa shape index (κ3) is 2.60. The lowest BCUT2D eigenvalue weighted by atomic mass is 10.2. The van der Waals surface area contributed by atoms with Crippen LogP contribution < -0.4 is 5.32 Å². The average molecular weight is 357 g/mol. The number of aryl methyl sites for hydroxylation is 1. The van der Waals surface area contributed by atoms with Crippen molar-refractivity contribution in [2.24, 2.45) is 0 Å². The van der Waals surface area contributed by atoms with Crippen LogP contribution in [0.2, 0.25) is 5.02 Å². The van der Waals surface area contributed by atoms with Gasteiger partial charge < -0.3 is 9.88 Å². The minimum atomic E-state index is -0.123. The first-order valence-corrected chi connectivity index (χ1v) is 9.15. The normalized spacial score (nSPS) is 16.4. The van der Waals surface area contributed by atoms with Gasteiger partial charge in [0.25, 0.3) is 5.91 Å². The average Bonchev–Trinajstić information content (AvgIpc) is 2.90. The van der Waals surface area contributed by atoms with Gasteiger partial charge in [-0.3, -0.25) is 4.79 Å². The minimum absolute atomic E-state index is 0.123. The molecule has 1 atom stereocenters. The highest BCUT2D eigenvalue weighted by Crippen LogP contribution is 2.38. The van der Waals surface area contributed by atoms with Gasteiger partial charge in [0.15, 0.2) is 0 Å². The lowest BCUT2D eigenvalue weighted by Crippen LogP contribution is -2.22. The molecule has 0 saturated heterocycles. The smallest absolute Gasteiger partial charge is 0.272 e. The minimum Gasteiger partial charge on any atom is -0.334 e. The van der Waals surface area contributed by atoms with Crippen LogP contribution in [0.25, 0.3) is 10.9 Å². The molecule has 0 spiro atoms. The van der Waals surface area contributed by atoms with E-state index in [9.17, 15) is 4.79 Å². The Labute approximate surface area is 150 Å². The van der Waals surface area contributed by atoms with E-state index in [0.29, 0.717) is 21.7 Å². The molecule has 1 aromatic heterocycles. The van der Waals surface area contributed by atoms with E-state index in [1.807, 2.05) is 49.0 Å². The number of hydrogen-bond acceptors (Lipinski definition) is 2. The second kappa shape index (κ2) is 5.87. The van der Waals surface area contributed by atoms with Crippen LogP contribution in [0.1, 0.15) is 23.0 Å². The van der Waals surface area contributed by atoms with Gasteiger partial charge >= 0.3 is 0 Å². The van der Waals surface area contributed by atoms with Gasteiger partial charge in [-0.25, -0.2) is 0 Å². The Morgan fingerprint density at radius 1 is 1.29 bits per heavy atom. The molecule has 122 valence electrons. The number of aromatic nitrogens is 1. The topological polar surface area (TPSA) is 34.0 Å². The van der Waals surface area contributed by atoms with Gasteiger partial charge in [-0.15, -0.1) is 11.8 Å². The zero-order valence-electron chi connectivity index (χ0n) is 13.5. The van der Waals surface area contributed by atoms with Crippen molar-refractivity contribution in [1.29, 1.82) is 0 Å². The number of amides is 1. The summed E-state index contributed by atoms with van der Waals surface area (Å²) >= 11 is 8.11. The van der Waals surface area contributed by atoms with Gasteiger partial charge in [0.05, 0.1) is 16.2 Å². The van der Waals surface area contributed by atoms with E-state index in [-0.39, 0.29) is 5.91 Å². The third-order valence-corrected chi connectivity index (χ3v) is 5.70. The zero-order chi connectivity index (χ0) is 16.8. The van der Waals surface area contributed by atoms with Crippen LogP contribution in [0, 0.1) is 6.92 Å². The fourth-order valence-corrected chi connectivity index (χ4v) is 4.62. The summed E-state index contributed by atoms with van der Waals surface area (Å²) in [7, 11) is 0. The molecule has 4 rings (SSSR count). The molecule has 1 aliphatic heterocycles. The number of para-hydroxylation sites is 1. The van der Waals surface area contributed by atoms with Crippen molar-refractivity contribution in [3.8, 4) is 0 Å². The van der Waals surface area contributed by atoms with Crippen LogP contribution in [0.4, 0.5) is 5.69 Å². The molecule has 0 aliphatic carbocycles. The van der Waals surface area contributed by atoms with Gasteiger partial charge in [0, 0.05) is 22.1 Å². The number of nitrogens with zero attached hydrogens (tertiary/aromatic N) is 1. The number of carbonyl (C=O) groups excluding carboxylic acids is 1. The zero-order valence-corrected chi connectivity index (χ0v) is 15.0. The molecule has 0 fully saturated rings. The SMILES string of the molecule is Cc1ccc(NC(=O)c2cc3cccc4c3n2CC(C)S4)c(Cl)c1. The number of anilines is 1. The van der Waals surface area contributed by atoms with E-state index in [4.69, 9.17) is 11.6 Å². The number of thioether (sulfide) groups is 1. The maximum Gasteiger partial charge on any atom is 0.272 e. The lowest BCUT2D eigenvalue weighted by Gasteiger charge is -2.22. The number of halogens is 1. The maximum atomic E-state index is 12.8. The largest absolute Gasteiger partial charge is 0.334 e. The van der Waals surface area contributed by atoms with E-state index < -0.39 is 0 Å². The summed E-state index contributed by atoms with van der Waals surface area (Å²) in [6.45, 7) is 4.99. The summed E-state index contributed by atoms with van der Waals surface area (Å²) in [4.78, 5) is 14.1. The molecule has 1 unspecified atom stereocenters. The van der Waals surface area contributed by atoms with Gasteiger partial charge in [0.2, 0.25) is 0 Å². The molecule has 2 heterocycles. The van der Waals surface area contributed by atoms with Crippen LogP contribution in [-0.4, -0.2) is 15.7 Å². The molecular weight excluding hydrogens is 340 g/mol. The standard InChI is InChI=1S/C19H17ClN2OS/c1-11-6-7-15(14(20)8-11)21-19(23)16-9-13-4-3-5-17-18(13)22(16)10-12(2)24-17/h3-9,12H,10H2,1-2H3,(H,21,23). The molecule has 3 nitrogen and oxygen atoms in total. The Hall–Kier alpha value is -1.91. The fourth-order valence-electron chi connectivity index (χ4n) is 3.18. The van der Waals surface area contributed by atoms with Gasteiger partial charge in [0.1, 0.15) is 5.69 Å². The first-order chi connectivity index (χ1) is 11.5. The monoisotopic (exact) mass is 356 g/mol. The van der Waals surface area contributed by atoms with Crippen LogP contribution >= 0.6 is 23.4 Å². The molecule has 5 heteroatoms. The van der Waals surface area contributed by atoms with E-state index >= 15 is 0 Å². The first-order valence-electron chi connectivity index (χ1n) is 7.89. The van der Waals surface area contributed by atoms with Crippen LogP contribution in [0.15, 0.2) is 47.4 Å². The summed E-state index contributed by atoms with van der Waals surface area (Å²) in [5.41, 5.74) is 3.54. The van der Waals surface area contributed by atoms with Crippen molar-refractivity contribution in [3.05, 3.63) is 58.7 Å². The van der Waals surface area contributed by atoms with E-state index in [1.54, 1.807) is 0 Å². The summed E-state index contributed by atoms with van der Waals surface area (Å²) in [5.74, 6) is -0.123.